The van der Waals surface area contributed by atoms with Crippen LogP contribution in [0.1, 0.15) is 56.5 Å². The number of hydrogen-bond donors (Lipinski definition) is 2. The van der Waals surface area contributed by atoms with Crippen LogP contribution in [0, 0.1) is 0 Å². The third-order valence-corrected chi connectivity index (χ3v) is 7.86. The van der Waals surface area contributed by atoms with E-state index in [1.165, 1.54) is 18.2 Å². The van der Waals surface area contributed by atoms with Gasteiger partial charge in [-0.3, -0.25) is 9.78 Å². The molecule has 7 rings (SSSR count). The maximum Gasteiger partial charge on any atom is 0.387 e. The summed E-state index contributed by atoms with van der Waals surface area (Å²) < 4.78 is 58.0. The van der Waals surface area contributed by atoms with Gasteiger partial charge in [-0.1, -0.05) is 18.2 Å². The molecule has 8 nitrogen and oxygen atoms in total. The second kappa shape index (κ2) is 10.3. The highest BCUT2D eigenvalue weighted by Crippen LogP contribution is 2.50. The third-order valence-electron chi connectivity index (χ3n) is 7.86. The Morgan fingerprint density at radius 1 is 1.18 bits per heavy atom. The zero-order valence-electron chi connectivity index (χ0n) is 23.9. The molecule has 0 saturated carbocycles. The molecule has 210 valence electrons. The van der Waals surface area contributed by atoms with E-state index < -0.39 is 37.2 Å². The number of nitrogens with zero attached hydrogens (tertiary/aromatic N) is 4. The molecule has 40 heavy (non-hydrogen) atoms. The first-order valence-corrected chi connectivity index (χ1v) is 12.4. The number of aromatic nitrogens is 3. The van der Waals surface area contributed by atoms with Gasteiger partial charge in [-0.2, -0.15) is 8.78 Å². The second-order valence-corrected chi connectivity index (χ2v) is 9.97. The van der Waals surface area contributed by atoms with Crippen molar-refractivity contribution in [3.63, 3.8) is 0 Å². The predicted octanol–water partition coefficient (Wildman–Crippen LogP) is 4.84. The Balaban J connectivity index is 0.00000184. The van der Waals surface area contributed by atoms with Crippen molar-refractivity contribution in [1.29, 1.82) is 0 Å². The van der Waals surface area contributed by atoms with Crippen molar-refractivity contribution in [2.75, 3.05) is 20.1 Å². The van der Waals surface area contributed by atoms with Crippen molar-refractivity contribution >= 4 is 41.8 Å². The highest BCUT2D eigenvalue weighted by atomic mass is 35.5. The van der Waals surface area contributed by atoms with E-state index in [1.807, 2.05) is 22.8 Å². The monoisotopic (exact) mass is 592 g/mol. The topological polar surface area (TPSA) is 92.5 Å². The van der Waals surface area contributed by atoms with Crippen molar-refractivity contribution in [3.05, 3.63) is 77.4 Å². The number of amides is 1. The molecule has 1 saturated heterocycles. The number of halogens is 4. The number of imidazole rings is 1. The Labute approximate surface area is 245 Å². The minimum absolute atomic E-state index is 0. The molecule has 2 bridgehead atoms. The summed E-state index contributed by atoms with van der Waals surface area (Å²) in [5.74, 6) is -0.586. The maximum absolute atomic E-state index is 13.6. The van der Waals surface area contributed by atoms with E-state index in [2.05, 4.69) is 10.3 Å². The fourth-order valence-corrected chi connectivity index (χ4v) is 6.03. The Hall–Kier alpha value is -3.31. The summed E-state index contributed by atoms with van der Waals surface area (Å²) in [7, 11) is 0. The van der Waals surface area contributed by atoms with Gasteiger partial charge in [0.05, 0.1) is 28.8 Å². The maximum atomic E-state index is 13.6. The number of hydrogen-bond acceptors (Lipinski definition) is 6. The highest BCUT2D eigenvalue weighted by molar-refractivity contribution is 5.98. The number of aliphatic hydroxyl groups is 1. The van der Waals surface area contributed by atoms with Crippen molar-refractivity contribution in [2.24, 2.45) is 0 Å². The number of rotatable bonds is 4. The molecule has 0 radical (unpaired) electrons. The van der Waals surface area contributed by atoms with Crippen molar-refractivity contribution in [1.82, 2.24) is 24.8 Å². The van der Waals surface area contributed by atoms with Crippen LogP contribution in [0.4, 0.5) is 8.78 Å². The van der Waals surface area contributed by atoms with Gasteiger partial charge < -0.3 is 24.6 Å². The van der Waals surface area contributed by atoms with E-state index in [1.54, 1.807) is 18.3 Å². The number of β-amino-alcohol motifs (C(OH)–C–C–N with tert-alkyl or cyclic N) is 1. The molecule has 2 N–H and O–H groups in total. The number of ether oxygens (including phenoxy) is 1. The fraction of sp³-hybridized carbons (Fsp3) is 0.321. The predicted molar refractivity (Wildman–Crippen MR) is 150 cm³/mol. The molecule has 3 aliphatic rings. The standard InChI is InChI=1S/C28H25F2N5O3.2ClH/c1-34-21-12-20(24-17(26(34)36)3-2-4-22(24)38-27(29)30)35-19-11-15(5-7-18(19)33-25(21)35)16-6-8-23(32-13-16)28(37)9-10-31-14-28;;/h2-8,11,13,20-21,27,31,37H,9-10,12,14H2,1H3;2*1H/t20-,21-,28?;;/m1../s1/i1D3;;. The van der Waals surface area contributed by atoms with Crippen molar-refractivity contribution < 1.29 is 27.5 Å². The first kappa shape index (κ1) is 24.5. The van der Waals surface area contributed by atoms with Gasteiger partial charge in [-0.25, -0.2) is 4.98 Å². The van der Waals surface area contributed by atoms with E-state index >= 15 is 0 Å². The van der Waals surface area contributed by atoms with Crippen LogP contribution in [0.3, 0.4) is 0 Å². The second-order valence-electron chi connectivity index (χ2n) is 9.97. The zero-order valence-corrected chi connectivity index (χ0v) is 22.5. The lowest BCUT2D eigenvalue weighted by atomic mass is 9.96. The summed E-state index contributed by atoms with van der Waals surface area (Å²) in [5.41, 5.74) is 2.62. The van der Waals surface area contributed by atoms with Gasteiger partial charge in [0.25, 0.3) is 5.91 Å². The molecule has 1 unspecified atom stereocenters. The minimum Gasteiger partial charge on any atom is -0.434 e. The molecule has 2 aromatic heterocycles. The molecule has 3 aliphatic heterocycles. The minimum atomic E-state index is -3.13. The highest BCUT2D eigenvalue weighted by Gasteiger charge is 2.45. The normalized spacial score (nSPS) is 24.4. The summed E-state index contributed by atoms with van der Waals surface area (Å²) in [6.07, 6.45) is 2.41. The molecule has 0 spiro atoms. The zero-order chi connectivity index (χ0) is 28.7. The van der Waals surface area contributed by atoms with Crippen LogP contribution < -0.4 is 10.1 Å². The molecule has 3 atom stereocenters. The SMILES string of the molecule is Cl.Cl.[2H]C([2H])([2H])N1C(=O)c2cccc(OC(F)F)c2[C@H]2C[C@@H]1c1nc3ccc(-c4ccc(C5(O)CCNC5)nc4)cc3n12. The van der Waals surface area contributed by atoms with Crippen LogP contribution in [0.2, 0.25) is 0 Å². The van der Waals surface area contributed by atoms with Gasteiger partial charge in [0.1, 0.15) is 17.2 Å². The number of carbonyl (C=O) groups excluding carboxylic acids is 1. The van der Waals surface area contributed by atoms with Gasteiger partial charge >= 0.3 is 6.61 Å². The smallest absolute Gasteiger partial charge is 0.387 e. The Bertz CT molecular complexity index is 1700. The first-order valence-electron chi connectivity index (χ1n) is 13.9. The quantitative estimate of drug-likeness (QED) is 0.352. The van der Waals surface area contributed by atoms with Crippen LogP contribution in [0.15, 0.2) is 54.7 Å². The molecule has 4 aromatic rings. The summed E-state index contributed by atoms with van der Waals surface area (Å²) in [5, 5.41) is 14.0. The first-order chi connectivity index (χ1) is 19.5. The summed E-state index contributed by atoms with van der Waals surface area (Å²) in [6, 6.07) is 11.9. The van der Waals surface area contributed by atoms with Crippen LogP contribution in [-0.2, 0) is 5.60 Å². The molecule has 2 aromatic carbocycles. The Morgan fingerprint density at radius 3 is 2.70 bits per heavy atom. The van der Waals surface area contributed by atoms with Gasteiger partial charge in [0.15, 0.2) is 0 Å². The van der Waals surface area contributed by atoms with Gasteiger partial charge in [0, 0.05) is 46.9 Å². The lowest BCUT2D eigenvalue weighted by molar-refractivity contribution is -0.0507. The molecular weight excluding hydrogens is 563 g/mol. The van der Waals surface area contributed by atoms with Crippen LogP contribution in [0.5, 0.6) is 5.75 Å². The van der Waals surface area contributed by atoms with Crippen molar-refractivity contribution in [3.8, 4) is 16.9 Å². The molecular formula is C28H27Cl2F2N5O3. The molecule has 1 fully saturated rings. The summed E-state index contributed by atoms with van der Waals surface area (Å²) in [4.78, 5) is 23.7. The van der Waals surface area contributed by atoms with Crippen molar-refractivity contribution in [2.45, 2.75) is 37.1 Å². The molecule has 5 heterocycles. The fourth-order valence-electron chi connectivity index (χ4n) is 6.03. The average molecular weight is 593 g/mol. The van der Waals surface area contributed by atoms with Gasteiger partial charge in [-0.05, 0) is 48.9 Å². The van der Waals surface area contributed by atoms with E-state index in [0.717, 1.165) is 16.0 Å². The van der Waals surface area contributed by atoms with Crippen LogP contribution >= 0.6 is 24.8 Å². The number of carbonyl (C=O) groups is 1. The lowest BCUT2D eigenvalue weighted by Gasteiger charge is -2.24. The molecule has 12 heteroatoms. The molecule has 1 amide bonds. The Morgan fingerprint density at radius 2 is 2.00 bits per heavy atom. The summed E-state index contributed by atoms with van der Waals surface area (Å²) >= 11 is 0. The number of benzene rings is 2. The van der Waals surface area contributed by atoms with Crippen LogP contribution in [0.25, 0.3) is 22.2 Å². The number of fused-ring (bicyclic) bond motifs is 9. The van der Waals surface area contributed by atoms with E-state index in [-0.39, 0.29) is 48.1 Å². The van der Waals surface area contributed by atoms with Crippen LogP contribution in [-0.4, -0.2) is 57.1 Å². The molecule has 0 aliphatic carbocycles. The van der Waals surface area contributed by atoms with E-state index in [0.29, 0.717) is 42.1 Å². The largest absolute Gasteiger partial charge is 0.434 e. The van der Waals surface area contributed by atoms with E-state index in [4.69, 9.17) is 13.8 Å². The Kier molecular flexibility index (Phi) is 6.28. The summed E-state index contributed by atoms with van der Waals surface area (Å²) in [6.45, 7) is -4.78. The van der Waals surface area contributed by atoms with E-state index in [9.17, 15) is 18.7 Å². The number of alkyl halides is 2. The number of pyridine rings is 1. The number of nitrogens with one attached hydrogen (secondary N) is 1. The lowest BCUT2D eigenvalue weighted by Crippen LogP contribution is -2.30. The van der Waals surface area contributed by atoms with Gasteiger partial charge in [-0.15, -0.1) is 24.8 Å². The third kappa shape index (κ3) is 4.21. The average Bonchev–Trinajstić information content (AvgIpc) is 3.60. The van der Waals surface area contributed by atoms with Gasteiger partial charge in [0.2, 0.25) is 0 Å².